The van der Waals surface area contributed by atoms with Gasteiger partial charge in [0.05, 0.1) is 13.5 Å². The molecule has 0 aliphatic heterocycles. The van der Waals surface area contributed by atoms with Crippen LogP contribution in [0.5, 0.6) is 11.5 Å². The summed E-state index contributed by atoms with van der Waals surface area (Å²) < 4.78 is 41.6. The molecule has 1 saturated carbocycles. The van der Waals surface area contributed by atoms with Crippen LogP contribution in [-0.2, 0) is 11.4 Å². The third kappa shape index (κ3) is 6.17. The number of ether oxygens (including phenoxy) is 2. The molecular weight excluding hydrogens is 486 g/mol. The molecule has 2 atom stereocenters. The first-order valence-corrected chi connectivity index (χ1v) is 13.1. The average molecular weight is 523 g/mol. The van der Waals surface area contributed by atoms with E-state index in [1.807, 2.05) is 18.2 Å². The monoisotopic (exact) mass is 522 g/mol. The van der Waals surface area contributed by atoms with Gasteiger partial charge in [-0.3, -0.25) is 4.79 Å². The molecule has 0 heterocycles. The van der Waals surface area contributed by atoms with E-state index in [0.717, 1.165) is 29.5 Å². The van der Waals surface area contributed by atoms with Gasteiger partial charge in [-0.2, -0.15) is 0 Å². The lowest BCUT2D eigenvalue weighted by Crippen LogP contribution is -2.17. The largest absolute Gasteiger partial charge is 0.497 e. The van der Waals surface area contributed by atoms with Crippen LogP contribution >= 0.6 is 0 Å². The van der Waals surface area contributed by atoms with Crippen molar-refractivity contribution in [3.63, 3.8) is 0 Å². The Hall–Kier alpha value is -3.41. The summed E-state index contributed by atoms with van der Waals surface area (Å²) in [6.45, 7) is 8.66. The fourth-order valence-electron chi connectivity index (χ4n) is 4.91. The number of hydrogen-bond acceptors (Lipinski definition) is 3. The summed E-state index contributed by atoms with van der Waals surface area (Å²) in [5.41, 5.74) is 3.35. The molecule has 0 aromatic heterocycles. The fourth-order valence-corrected chi connectivity index (χ4v) is 4.91. The smallest absolute Gasteiger partial charge is 0.303 e. The highest BCUT2D eigenvalue weighted by molar-refractivity contribution is 5.71. The van der Waals surface area contributed by atoms with E-state index in [2.05, 4.69) is 27.7 Å². The number of methoxy groups -OCH3 is 1. The van der Waals surface area contributed by atoms with Crippen molar-refractivity contribution in [2.24, 2.45) is 11.3 Å². The number of carboxylic acid groups (broad SMARTS) is 1. The Balaban J connectivity index is 1.65. The fraction of sp³-hybridized carbons (Fsp3) is 0.406. The quantitative estimate of drug-likeness (QED) is 0.291. The van der Waals surface area contributed by atoms with Crippen molar-refractivity contribution in [1.82, 2.24) is 0 Å². The molecule has 0 bridgehead atoms. The third-order valence-corrected chi connectivity index (χ3v) is 7.72. The Morgan fingerprint density at radius 1 is 1.03 bits per heavy atom. The molecule has 4 rings (SSSR count). The zero-order valence-electron chi connectivity index (χ0n) is 22.7. The Labute approximate surface area is 223 Å². The van der Waals surface area contributed by atoms with Crippen molar-refractivity contribution in [3.05, 3.63) is 82.9 Å². The van der Waals surface area contributed by atoms with E-state index in [9.17, 15) is 14.3 Å². The second-order valence-electron chi connectivity index (χ2n) is 11.3. The van der Waals surface area contributed by atoms with Gasteiger partial charge in [-0.05, 0) is 76.6 Å². The highest BCUT2D eigenvalue weighted by Gasteiger charge is 2.36. The van der Waals surface area contributed by atoms with Crippen molar-refractivity contribution in [1.29, 1.82) is 0 Å². The van der Waals surface area contributed by atoms with Crippen molar-refractivity contribution >= 4 is 5.97 Å². The average Bonchev–Trinajstić information content (AvgIpc) is 3.71. The highest BCUT2D eigenvalue weighted by Crippen LogP contribution is 2.46. The van der Waals surface area contributed by atoms with E-state index in [-0.39, 0.29) is 47.8 Å². The van der Waals surface area contributed by atoms with Gasteiger partial charge >= 0.3 is 5.97 Å². The van der Waals surface area contributed by atoms with Crippen molar-refractivity contribution in [2.75, 3.05) is 7.11 Å². The first-order valence-electron chi connectivity index (χ1n) is 13.1. The molecular formula is C32H36F2O4. The van der Waals surface area contributed by atoms with Crippen molar-refractivity contribution in [2.45, 2.75) is 65.4 Å². The molecule has 1 N–H and O–H groups in total. The van der Waals surface area contributed by atoms with E-state index in [4.69, 9.17) is 9.47 Å². The number of halogens is 2. The summed E-state index contributed by atoms with van der Waals surface area (Å²) in [6.07, 6.45) is 1.73. The maximum Gasteiger partial charge on any atom is 0.303 e. The number of aliphatic carboxylic acids is 1. The van der Waals surface area contributed by atoms with Crippen molar-refractivity contribution in [3.8, 4) is 22.6 Å². The lowest BCUT2D eigenvalue weighted by Gasteiger charge is -2.30. The maximum absolute atomic E-state index is 15.5. The first-order chi connectivity index (χ1) is 18.0. The molecule has 1 aliphatic carbocycles. The Kier molecular flexibility index (Phi) is 8.10. The lowest BCUT2D eigenvalue weighted by atomic mass is 9.75. The van der Waals surface area contributed by atoms with Gasteiger partial charge in [0.2, 0.25) is 0 Å². The first kappa shape index (κ1) is 27.6. The third-order valence-electron chi connectivity index (χ3n) is 7.72. The Morgan fingerprint density at radius 2 is 1.76 bits per heavy atom. The molecule has 1 fully saturated rings. The number of benzene rings is 3. The summed E-state index contributed by atoms with van der Waals surface area (Å²) in [5, 5.41) is 9.33. The summed E-state index contributed by atoms with van der Waals surface area (Å²) in [4.78, 5) is 11.4. The predicted molar refractivity (Wildman–Crippen MR) is 145 cm³/mol. The molecule has 4 nitrogen and oxygen atoms in total. The van der Waals surface area contributed by atoms with Crippen LogP contribution in [-0.4, -0.2) is 18.2 Å². The molecule has 3 aromatic carbocycles. The van der Waals surface area contributed by atoms with Gasteiger partial charge in [0.25, 0.3) is 0 Å². The van der Waals surface area contributed by atoms with Crippen LogP contribution in [0.2, 0.25) is 0 Å². The standard InChI is InChI=1S/C32H36F2O4/c1-19(32(2,3)4)25-15-20(9-13-23(25)27-16-22(37-5)12-14-28(27)33)18-38-29-8-6-7-24(31(29)34)26(17-30(35)36)21-10-11-21/h6-9,12-16,19,21,26H,10-11,17-18H2,1-5H3,(H,35,36)/t19-,26+/m1/s1. The summed E-state index contributed by atoms with van der Waals surface area (Å²) >= 11 is 0. The van der Waals surface area contributed by atoms with E-state index in [0.29, 0.717) is 16.9 Å². The number of rotatable bonds is 10. The SMILES string of the molecule is COc1ccc(F)c(-c2ccc(COc3cccc([C@@H](CC(=O)O)C4CC4)c3F)cc2[C@@H](C)C(C)(C)C)c1. The second-order valence-corrected chi connectivity index (χ2v) is 11.3. The molecule has 6 heteroatoms. The number of carbonyl (C=O) groups is 1. The van der Waals surface area contributed by atoms with Gasteiger partial charge in [-0.15, -0.1) is 0 Å². The summed E-state index contributed by atoms with van der Waals surface area (Å²) in [7, 11) is 1.55. The molecule has 38 heavy (non-hydrogen) atoms. The topological polar surface area (TPSA) is 55.8 Å². The van der Waals surface area contributed by atoms with E-state index in [1.165, 1.54) is 6.07 Å². The minimum atomic E-state index is -0.930. The minimum absolute atomic E-state index is 0.0819. The summed E-state index contributed by atoms with van der Waals surface area (Å²) in [6, 6.07) is 15.4. The lowest BCUT2D eigenvalue weighted by molar-refractivity contribution is -0.137. The second kappa shape index (κ2) is 11.1. The van der Waals surface area contributed by atoms with Crippen LogP contribution in [0.3, 0.4) is 0 Å². The molecule has 1 aliphatic rings. The zero-order valence-corrected chi connectivity index (χ0v) is 22.7. The minimum Gasteiger partial charge on any atom is -0.497 e. The van der Waals surface area contributed by atoms with Crippen LogP contribution in [0, 0.1) is 23.0 Å². The van der Waals surface area contributed by atoms with Crippen LogP contribution in [0.4, 0.5) is 8.78 Å². The molecule has 0 spiro atoms. The highest BCUT2D eigenvalue weighted by atomic mass is 19.1. The van der Waals surface area contributed by atoms with Gasteiger partial charge in [0.1, 0.15) is 18.2 Å². The van der Waals surface area contributed by atoms with Gasteiger partial charge in [0.15, 0.2) is 11.6 Å². The normalized spacial score (nSPS) is 15.1. The van der Waals surface area contributed by atoms with E-state index >= 15 is 4.39 Å². The van der Waals surface area contributed by atoms with Crippen LogP contribution in [0.25, 0.3) is 11.1 Å². The molecule has 3 aromatic rings. The molecule has 0 amide bonds. The number of carboxylic acids is 1. The summed E-state index contributed by atoms with van der Waals surface area (Å²) in [5.74, 6) is -1.15. The predicted octanol–water partition coefficient (Wildman–Crippen LogP) is 8.34. The molecule has 202 valence electrons. The van der Waals surface area contributed by atoms with Crippen LogP contribution < -0.4 is 9.47 Å². The molecule has 0 saturated heterocycles. The molecule has 0 radical (unpaired) electrons. The van der Waals surface area contributed by atoms with Gasteiger partial charge < -0.3 is 14.6 Å². The number of hydrogen-bond donors (Lipinski definition) is 1. The Morgan fingerprint density at radius 3 is 2.39 bits per heavy atom. The van der Waals surface area contributed by atoms with E-state index in [1.54, 1.807) is 37.4 Å². The van der Waals surface area contributed by atoms with Gasteiger partial charge in [-0.1, -0.05) is 58.0 Å². The van der Waals surface area contributed by atoms with Crippen LogP contribution in [0.1, 0.15) is 75.5 Å². The molecule has 0 unspecified atom stereocenters. The maximum atomic E-state index is 15.5. The van der Waals surface area contributed by atoms with Crippen molar-refractivity contribution < 1.29 is 28.2 Å². The Bertz CT molecular complexity index is 1310. The van der Waals surface area contributed by atoms with E-state index < -0.39 is 11.8 Å². The van der Waals surface area contributed by atoms with Gasteiger partial charge in [-0.25, -0.2) is 8.78 Å². The zero-order chi connectivity index (χ0) is 27.6. The van der Waals surface area contributed by atoms with Crippen LogP contribution in [0.15, 0.2) is 54.6 Å². The van der Waals surface area contributed by atoms with Gasteiger partial charge in [0, 0.05) is 11.5 Å².